The standard InChI is InChI=1S/C20H16ClNO6S2/c1-11(23)12-4-3-5-13(8-12)16-10-18(29-19(16)21)30(26,27)22-14-6-7-15(17(24)9-14)20(25)28-2/h3-10,22,24H,1-2H3. The molecule has 2 aromatic carbocycles. The van der Waals surface area contributed by atoms with Crippen molar-refractivity contribution in [1.29, 1.82) is 0 Å². The van der Waals surface area contributed by atoms with E-state index in [0.29, 0.717) is 16.7 Å². The topological polar surface area (TPSA) is 110 Å². The van der Waals surface area contributed by atoms with Crippen LogP contribution >= 0.6 is 22.9 Å². The molecule has 0 saturated heterocycles. The van der Waals surface area contributed by atoms with Crippen LogP contribution in [0.3, 0.4) is 0 Å². The zero-order chi connectivity index (χ0) is 22.1. The number of nitrogens with one attached hydrogen (secondary N) is 1. The van der Waals surface area contributed by atoms with Crippen molar-refractivity contribution in [2.75, 3.05) is 11.8 Å². The molecule has 0 atom stereocenters. The third-order valence-corrected chi connectivity index (χ3v) is 7.38. The molecule has 3 rings (SSSR count). The summed E-state index contributed by atoms with van der Waals surface area (Å²) in [4.78, 5) is 23.1. The van der Waals surface area contributed by atoms with Gasteiger partial charge in [0, 0.05) is 17.2 Å². The van der Waals surface area contributed by atoms with Crippen molar-refractivity contribution in [3.8, 4) is 16.9 Å². The molecule has 0 fully saturated rings. The van der Waals surface area contributed by atoms with E-state index in [1.165, 1.54) is 32.2 Å². The van der Waals surface area contributed by atoms with Gasteiger partial charge in [-0.05, 0) is 36.8 Å². The van der Waals surface area contributed by atoms with Crippen LogP contribution in [-0.2, 0) is 14.8 Å². The largest absolute Gasteiger partial charge is 0.507 e. The first-order valence-electron chi connectivity index (χ1n) is 8.47. The maximum absolute atomic E-state index is 12.8. The Labute approximate surface area is 181 Å². The van der Waals surface area contributed by atoms with E-state index in [2.05, 4.69) is 9.46 Å². The molecule has 1 aromatic heterocycles. The Morgan fingerprint density at radius 1 is 1.13 bits per heavy atom. The van der Waals surface area contributed by atoms with Crippen LogP contribution in [0.1, 0.15) is 27.6 Å². The van der Waals surface area contributed by atoms with E-state index >= 15 is 0 Å². The van der Waals surface area contributed by atoms with Crippen LogP contribution in [0.15, 0.2) is 52.7 Å². The number of esters is 1. The number of phenolic OH excluding ortho intramolecular Hbond substituents is 1. The number of benzene rings is 2. The molecule has 156 valence electrons. The smallest absolute Gasteiger partial charge is 0.341 e. The van der Waals surface area contributed by atoms with Gasteiger partial charge in [-0.25, -0.2) is 13.2 Å². The number of rotatable bonds is 6. The molecule has 2 N–H and O–H groups in total. The second kappa shape index (κ2) is 8.47. The number of methoxy groups -OCH3 is 1. The zero-order valence-electron chi connectivity index (χ0n) is 15.8. The fraction of sp³-hybridized carbons (Fsp3) is 0.100. The molecule has 0 bridgehead atoms. The predicted octanol–water partition coefficient (Wildman–Crippen LogP) is 4.56. The number of sulfonamides is 1. The van der Waals surface area contributed by atoms with Gasteiger partial charge in [0.2, 0.25) is 0 Å². The van der Waals surface area contributed by atoms with Gasteiger partial charge in [0.15, 0.2) is 5.78 Å². The summed E-state index contributed by atoms with van der Waals surface area (Å²) in [5.41, 5.74) is 1.55. The van der Waals surface area contributed by atoms with Crippen LogP contribution in [0.4, 0.5) is 5.69 Å². The van der Waals surface area contributed by atoms with Gasteiger partial charge in [-0.1, -0.05) is 29.8 Å². The average molecular weight is 466 g/mol. The molecule has 3 aromatic rings. The van der Waals surface area contributed by atoms with Crippen LogP contribution in [-0.4, -0.2) is 32.4 Å². The van der Waals surface area contributed by atoms with Gasteiger partial charge in [0.1, 0.15) is 19.9 Å². The number of hydrogen-bond acceptors (Lipinski definition) is 7. The van der Waals surface area contributed by atoms with E-state index in [1.54, 1.807) is 24.3 Å². The van der Waals surface area contributed by atoms with Gasteiger partial charge in [-0.15, -0.1) is 11.3 Å². The number of halogens is 1. The number of phenols is 1. The van der Waals surface area contributed by atoms with E-state index in [0.717, 1.165) is 17.4 Å². The molecule has 0 aliphatic carbocycles. The summed E-state index contributed by atoms with van der Waals surface area (Å²) >= 11 is 7.13. The van der Waals surface area contributed by atoms with Crippen LogP contribution in [0.2, 0.25) is 4.34 Å². The third-order valence-electron chi connectivity index (χ3n) is 4.16. The monoisotopic (exact) mass is 465 g/mol. The van der Waals surface area contributed by atoms with E-state index in [4.69, 9.17) is 11.6 Å². The SMILES string of the molecule is COC(=O)c1ccc(NS(=O)(=O)c2cc(-c3cccc(C(C)=O)c3)c(Cl)s2)cc1O. The number of Topliss-reactive ketones (excluding diaryl/α,β-unsaturated/α-hetero) is 1. The Morgan fingerprint density at radius 2 is 1.87 bits per heavy atom. The molecule has 0 saturated carbocycles. The molecule has 0 spiro atoms. The molecular formula is C20H16ClNO6S2. The molecule has 1 heterocycles. The highest BCUT2D eigenvalue weighted by molar-refractivity contribution is 7.94. The predicted molar refractivity (Wildman–Crippen MR) is 115 cm³/mol. The Hall–Kier alpha value is -2.88. The van der Waals surface area contributed by atoms with E-state index in [9.17, 15) is 23.1 Å². The first-order chi connectivity index (χ1) is 14.1. The molecule has 0 aliphatic rings. The summed E-state index contributed by atoms with van der Waals surface area (Å²) in [5.74, 6) is -1.29. The Bertz CT molecular complexity index is 1250. The third kappa shape index (κ3) is 4.48. The van der Waals surface area contributed by atoms with Crippen molar-refractivity contribution >= 4 is 50.4 Å². The summed E-state index contributed by atoms with van der Waals surface area (Å²) in [6.07, 6.45) is 0. The molecular weight excluding hydrogens is 450 g/mol. The normalized spacial score (nSPS) is 11.2. The summed E-state index contributed by atoms with van der Waals surface area (Å²) in [6, 6.07) is 11.8. The summed E-state index contributed by atoms with van der Waals surface area (Å²) in [5, 5.41) is 9.95. The molecule has 0 amide bonds. The van der Waals surface area contributed by atoms with Gasteiger partial charge in [-0.3, -0.25) is 9.52 Å². The summed E-state index contributed by atoms with van der Waals surface area (Å²) in [7, 11) is -2.85. The number of ketones is 1. The lowest BCUT2D eigenvalue weighted by molar-refractivity contribution is 0.0597. The lowest BCUT2D eigenvalue weighted by Gasteiger charge is -2.08. The maximum Gasteiger partial charge on any atom is 0.341 e. The maximum atomic E-state index is 12.8. The second-order valence-corrected chi connectivity index (χ2v) is 9.78. The first kappa shape index (κ1) is 21.8. The van der Waals surface area contributed by atoms with Crippen molar-refractivity contribution in [3.63, 3.8) is 0 Å². The van der Waals surface area contributed by atoms with Gasteiger partial charge in [-0.2, -0.15) is 0 Å². The van der Waals surface area contributed by atoms with Crippen molar-refractivity contribution in [1.82, 2.24) is 0 Å². The summed E-state index contributed by atoms with van der Waals surface area (Å²) in [6.45, 7) is 1.44. The number of ether oxygens (including phenoxy) is 1. The molecule has 7 nitrogen and oxygen atoms in total. The highest BCUT2D eigenvalue weighted by Gasteiger charge is 2.22. The minimum atomic E-state index is -4.02. The lowest BCUT2D eigenvalue weighted by atomic mass is 10.0. The van der Waals surface area contributed by atoms with Crippen LogP contribution in [0, 0.1) is 0 Å². The fourth-order valence-corrected chi connectivity index (χ4v) is 5.48. The van der Waals surface area contributed by atoms with Crippen molar-refractivity contribution in [3.05, 3.63) is 64.0 Å². The summed E-state index contributed by atoms with van der Waals surface area (Å²) < 4.78 is 32.6. The Morgan fingerprint density at radius 3 is 2.50 bits per heavy atom. The van der Waals surface area contributed by atoms with Gasteiger partial charge >= 0.3 is 5.97 Å². The van der Waals surface area contributed by atoms with E-state index in [-0.39, 0.29) is 25.6 Å². The number of anilines is 1. The highest BCUT2D eigenvalue weighted by atomic mass is 35.5. The van der Waals surface area contributed by atoms with E-state index < -0.39 is 21.7 Å². The average Bonchev–Trinajstić information content (AvgIpc) is 3.10. The second-order valence-electron chi connectivity index (χ2n) is 6.22. The van der Waals surface area contributed by atoms with Crippen molar-refractivity contribution in [2.45, 2.75) is 11.1 Å². The van der Waals surface area contributed by atoms with Crippen LogP contribution < -0.4 is 4.72 Å². The Kier molecular flexibility index (Phi) is 6.16. The van der Waals surface area contributed by atoms with Crippen LogP contribution in [0.25, 0.3) is 11.1 Å². The minimum Gasteiger partial charge on any atom is -0.507 e. The van der Waals surface area contributed by atoms with Crippen molar-refractivity contribution < 1.29 is 27.9 Å². The first-order valence-corrected chi connectivity index (χ1v) is 11.1. The fourth-order valence-electron chi connectivity index (χ4n) is 2.67. The number of carbonyl (C=O) groups is 2. The lowest BCUT2D eigenvalue weighted by Crippen LogP contribution is -2.11. The molecule has 0 radical (unpaired) electrons. The highest BCUT2D eigenvalue weighted by Crippen LogP contribution is 2.39. The molecule has 0 aliphatic heterocycles. The molecule has 0 unspecified atom stereocenters. The molecule has 10 heteroatoms. The number of hydrogen-bond donors (Lipinski definition) is 2. The number of carbonyl (C=O) groups excluding carboxylic acids is 2. The molecule has 30 heavy (non-hydrogen) atoms. The van der Waals surface area contributed by atoms with Gasteiger partial charge < -0.3 is 9.84 Å². The zero-order valence-corrected chi connectivity index (χ0v) is 18.2. The number of thiophene rings is 1. The van der Waals surface area contributed by atoms with Gasteiger partial charge in [0.25, 0.3) is 10.0 Å². The van der Waals surface area contributed by atoms with E-state index in [1.807, 2.05) is 0 Å². The van der Waals surface area contributed by atoms with Crippen LogP contribution in [0.5, 0.6) is 5.75 Å². The number of aromatic hydroxyl groups is 1. The van der Waals surface area contributed by atoms with Crippen molar-refractivity contribution in [2.24, 2.45) is 0 Å². The van der Waals surface area contributed by atoms with Gasteiger partial charge in [0.05, 0.1) is 12.8 Å². The Balaban J connectivity index is 1.92. The quantitative estimate of drug-likeness (QED) is 0.407. The minimum absolute atomic E-state index is 0.0488.